The zero-order valence-corrected chi connectivity index (χ0v) is 18.6. The minimum absolute atomic E-state index is 0.0925. The Hall–Kier alpha value is -1.90. The van der Waals surface area contributed by atoms with E-state index in [-0.39, 0.29) is 41.0 Å². The summed E-state index contributed by atoms with van der Waals surface area (Å²) in [7, 11) is -4.35. The molecule has 30 heavy (non-hydrogen) atoms. The van der Waals surface area contributed by atoms with Crippen molar-refractivity contribution in [1.82, 2.24) is 4.47 Å². The van der Waals surface area contributed by atoms with Crippen LogP contribution in [-0.4, -0.2) is 37.6 Å². The van der Waals surface area contributed by atoms with E-state index >= 15 is 0 Å². The highest BCUT2D eigenvalue weighted by Gasteiger charge is 2.56. The molecule has 9 heteroatoms. The molecule has 1 aliphatic rings. The predicted molar refractivity (Wildman–Crippen MR) is 115 cm³/mol. The molecule has 0 saturated heterocycles. The van der Waals surface area contributed by atoms with Crippen LogP contribution in [0.1, 0.15) is 18.1 Å². The molecule has 0 bridgehead atoms. The Bertz CT molecular complexity index is 1030. The standard InChI is InChI=1S/C21H21Cl2NO5S/c1-3-9-29-24(30(26,27)19-11-17(22)10-18(23)12-19)21(20(25)28-4-2)13-15-7-5-6-8-16(15)14-21/h3,5-8,10-12H,1,4,9,13-14H2,2H3. The van der Waals surface area contributed by atoms with Crippen LogP contribution >= 0.6 is 23.2 Å². The summed E-state index contributed by atoms with van der Waals surface area (Å²) in [5.41, 5.74) is 0.0743. The molecule has 0 radical (unpaired) electrons. The monoisotopic (exact) mass is 469 g/mol. The Kier molecular flexibility index (Phi) is 6.89. The zero-order chi connectivity index (χ0) is 21.9. The fourth-order valence-electron chi connectivity index (χ4n) is 3.53. The molecule has 3 rings (SSSR count). The van der Waals surface area contributed by atoms with Crippen molar-refractivity contribution in [2.45, 2.75) is 30.2 Å². The molecule has 0 aliphatic heterocycles. The largest absolute Gasteiger partial charge is 0.464 e. The summed E-state index contributed by atoms with van der Waals surface area (Å²) >= 11 is 12.1. The molecule has 0 unspecified atom stereocenters. The fraction of sp³-hybridized carbons (Fsp3) is 0.286. The number of hydrogen-bond acceptors (Lipinski definition) is 5. The van der Waals surface area contributed by atoms with E-state index in [1.165, 1.54) is 24.3 Å². The maximum absolute atomic E-state index is 13.6. The lowest BCUT2D eigenvalue weighted by atomic mass is 9.97. The van der Waals surface area contributed by atoms with Gasteiger partial charge in [0, 0.05) is 22.9 Å². The Morgan fingerprint density at radius 2 is 1.73 bits per heavy atom. The summed E-state index contributed by atoms with van der Waals surface area (Å²) in [5.74, 6) is -0.693. The number of hydroxylamine groups is 1. The first kappa shape index (κ1) is 22.8. The number of nitrogens with zero attached hydrogens (tertiary/aromatic N) is 1. The number of halogens is 2. The van der Waals surface area contributed by atoms with Crippen LogP contribution in [0.25, 0.3) is 0 Å². The molecule has 1 aliphatic carbocycles. The van der Waals surface area contributed by atoms with Gasteiger partial charge in [-0.2, -0.15) is 0 Å². The number of esters is 1. The molecular formula is C21H21Cl2NO5S. The highest BCUT2D eigenvalue weighted by molar-refractivity contribution is 7.89. The Balaban J connectivity index is 2.17. The van der Waals surface area contributed by atoms with Crippen molar-refractivity contribution in [2.75, 3.05) is 13.2 Å². The van der Waals surface area contributed by atoms with Crippen LogP contribution in [0.5, 0.6) is 0 Å². The van der Waals surface area contributed by atoms with Gasteiger partial charge in [-0.15, -0.1) is 6.58 Å². The van der Waals surface area contributed by atoms with Crippen LogP contribution in [-0.2, 0) is 37.2 Å². The molecule has 0 saturated carbocycles. The van der Waals surface area contributed by atoms with Crippen molar-refractivity contribution in [2.24, 2.45) is 0 Å². The number of rotatable bonds is 8. The second kappa shape index (κ2) is 9.08. The van der Waals surface area contributed by atoms with Crippen LogP contribution in [0.15, 0.2) is 60.0 Å². The Morgan fingerprint density at radius 3 is 2.23 bits per heavy atom. The fourth-order valence-corrected chi connectivity index (χ4v) is 5.79. The van der Waals surface area contributed by atoms with Gasteiger partial charge >= 0.3 is 5.97 Å². The molecule has 0 heterocycles. The molecule has 0 spiro atoms. The average Bonchev–Trinajstić information content (AvgIpc) is 3.08. The first-order chi connectivity index (χ1) is 14.2. The maximum atomic E-state index is 13.6. The van der Waals surface area contributed by atoms with Gasteiger partial charge in [0.25, 0.3) is 10.0 Å². The van der Waals surface area contributed by atoms with E-state index in [2.05, 4.69) is 6.58 Å². The molecule has 0 aromatic heterocycles. The van der Waals surface area contributed by atoms with Gasteiger partial charge in [0.15, 0.2) is 5.54 Å². The van der Waals surface area contributed by atoms with Gasteiger partial charge in [-0.1, -0.05) is 58.0 Å². The smallest absolute Gasteiger partial charge is 0.330 e. The summed E-state index contributed by atoms with van der Waals surface area (Å²) in [6.45, 7) is 5.20. The van der Waals surface area contributed by atoms with E-state index < -0.39 is 21.5 Å². The zero-order valence-electron chi connectivity index (χ0n) is 16.3. The number of benzene rings is 2. The van der Waals surface area contributed by atoms with Gasteiger partial charge in [-0.05, 0) is 36.2 Å². The predicted octanol–water partition coefficient (Wildman–Crippen LogP) is 4.20. The van der Waals surface area contributed by atoms with Crippen LogP contribution in [0, 0.1) is 0 Å². The van der Waals surface area contributed by atoms with Crippen molar-refractivity contribution in [1.29, 1.82) is 0 Å². The molecule has 2 aromatic carbocycles. The van der Waals surface area contributed by atoms with Gasteiger partial charge in [0.1, 0.15) is 0 Å². The first-order valence-corrected chi connectivity index (χ1v) is 11.4. The van der Waals surface area contributed by atoms with Crippen LogP contribution in [0.3, 0.4) is 0 Å². The van der Waals surface area contributed by atoms with Crippen molar-refractivity contribution >= 4 is 39.2 Å². The van der Waals surface area contributed by atoms with Crippen LogP contribution < -0.4 is 0 Å². The summed E-state index contributed by atoms with van der Waals surface area (Å²) < 4.78 is 33.3. The summed E-state index contributed by atoms with van der Waals surface area (Å²) in [4.78, 5) is 18.6. The molecule has 0 amide bonds. The summed E-state index contributed by atoms with van der Waals surface area (Å²) in [6.07, 6.45) is 1.60. The second-order valence-electron chi connectivity index (χ2n) is 6.80. The minimum atomic E-state index is -4.35. The Morgan fingerprint density at radius 1 is 1.17 bits per heavy atom. The lowest BCUT2D eigenvalue weighted by molar-refractivity contribution is -0.184. The lowest BCUT2D eigenvalue weighted by Gasteiger charge is -2.36. The summed E-state index contributed by atoms with van der Waals surface area (Å²) in [5, 5.41) is 0.286. The van der Waals surface area contributed by atoms with Gasteiger partial charge in [-0.25, -0.2) is 13.2 Å². The Labute approximate surface area is 186 Å². The van der Waals surface area contributed by atoms with E-state index in [0.717, 1.165) is 15.6 Å². The third-order valence-electron chi connectivity index (χ3n) is 4.75. The normalized spacial score (nSPS) is 15.1. The van der Waals surface area contributed by atoms with Crippen molar-refractivity contribution < 1.29 is 22.8 Å². The number of carbonyl (C=O) groups is 1. The second-order valence-corrected chi connectivity index (χ2v) is 9.42. The van der Waals surface area contributed by atoms with Gasteiger partial charge in [0.05, 0.1) is 18.1 Å². The van der Waals surface area contributed by atoms with Gasteiger partial charge in [0.2, 0.25) is 0 Å². The van der Waals surface area contributed by atoms with E-state index in [9.17, 15) is 13.2 Å². The number of carbonyl (C=O) groups excluding carboxylic acids is 1. The van der Waals surface area contributed by atoms with E-state index in [1.807, 2.05) is 24.3 Å². The number of hydrogen-bond donors (Lipinski definition) is 0. The topological polar surface area (TPSA) is 72.9 Å². The lowest BCUT2D eigenvalue weighted by Crippen LogP contribution is -2.58. The van der Waals surface area contributed by atoms with E-state index in [0.29, 0.717) is 0 Å². The molecule has 0 fully saturated rings. The van der Waals surface area contributed by atoms with Crippen molar-refractivity contribution in [3.8, 4) is 0 Å². The van der Waals surface area contributed by atoms with Crippen LogP contribution in [0.2, 0.25) is 10.0 Å². The number of fused-ring (bicyclic) bond motifs is 1. The first-order valence-electron chi connectivity index (χ1n) is 9.24. The third kappa shape index (κ3) is 4.26. The maximum Gasteiger partial charge on any atom is 0.330 e. The number of sulfonamides is 1. The van der Waals surface area contributed by atoms with Gasteiger partial charge in [-0.3, -0.25) is 4.84 Å². The van der Waals surface area contributed by atoms with E-state index in [4.69, 9.17) is 32.8 Å². The molecule has 6 nitrogen and oxygen atoms in total. The SMILES string of the molecule is C=CCON(C1(C(=O)OCC)Cc2ccccc2C1)S(=O)(=O)c1cc(Cl)cc(Cl)c1. The van der Waals surface area contributed by atoms with Crippen LogP contribution in [0.4, 0.5) is 0 Å². The highest BCUT2D eigenvalue weighted by Crippen LogP contribution is 2.40. The molecule has 0 N–H and O–H groups in total. The summed E-state index contributed by atoms with van der Waals surface area (Å²) in [6, 6.07) is 11.3. The molecule has 0 atom stereocenters. The number of ether oxygens (including phenoxy) is 1. The molecule has 160 valence electrons. The quantitative estimate of drug-likeness (QED) is 0.329. The highest BCUT2D eigenvalue weighted by atomic mass is 35.5. The van der Waals surface area contributed by atoms with Gasteiger partial charge < -0.3 is 4.74 Å². The average molecular weight is 470 g/mol. The van der Waals surface area contributed by atoms with E-state index in [1.54, 1.807) is 6.92 Å². The van der Waals surface area contributed by atoms with Crippen molar-refractivity contribution in [3.05, 3.63) is 76.3 Å². The molecular weight excluding hydrogens is 449 g/mol. The minimum Gasteiger partial charge on any atom is -0.464 e. The third-order valence-corrected chi connectivity index (χ3v) is 6.91. The van der Waals surface area contributed by atoms with Crippen molar-refractivity contribution in [3.63, 3.8) is 0 Å². The molecule has 2 aromatic rings.